The molecule has 0 amide bonds. The zero-order chi connectivity index (χ0) is 30.8. The van der Waals surface area contributed by atoms with Gasteiger partial charge in [-0.1, -0.05) is 74.0 Å². The van der Waals surface area contributed by atoms with Crippen molar-refractivity contribution in [2.45, 2.75) is 42.7 Å². The smallest absolute Gasteiger partial charge is 0.261 e. The lowest BCUT2D eigenvalue weighted by molar-refractivity contribution is 0.133. The molecule has 226 valence electrons. The number of aliphatic hydroxyl groups is 1. The molecule has 0 saturated heterocycles. The quantitative estimate of drug-likeness (QED) is 0.115. The third-order valence-electron chi connectivity index (χ3n) is 7.28. The molecule has 9 heteroatoms. The molecule has 44 heavy (non-hydrogen) atoms. The second-order valence-corrected chi connectivity index (χ2v) is 12.0. The Labute approximate surface area is 258 Å². The van der Waals surface area contributed by atoms with E-state index in [-0.39, 0.29) is 4.90 Å². The van der Waals surface area contributed by atoms with E-state index in [9.17, 15) is 13.5 Å². The number of pyridine rings is 2. The van der Waals surface area contributed by atoms with E-state index < -0.39 is 28.1 Å². The summed E-state index contributed by atoms with van der Waals surface area (Å²) >= 11 is 0. The SMILES string of the molecule is CCCCOc1ccc(S(=O)(=O)Nc2ccccc2C(Nc2ccccn2)C(c2ccccn2)C(O)c2ccccc2)cc1. The van der Waals surface area contributed by atoms with Crippen molar-refractivity contribution >= 4 is 21.5 Å². The van der Waals surface area contributed by atoms with Crippen molar-refractivity contribution in [3.8, 4) is 5.75 Å². The lowest BCUT2D eigenvalue weighted by Crippen LogP contribution is -2.27. The standard InChI is InChI=1S/C35H36N4O4S/c1-2-3-25-43-27-19-21-28(22-20-27)44(41,42)39-30-16-8-7-15-29(30)34(38-32-18-10-12-24-37-32)33(31-17-9-11-23-36-31)35(40)26-13-5-4-6-14-26/h4-24,33-35,39-40H,2-3,25H2,1H3,(H,37,38). The molecule has 2 heterocycles. The van der Waals surface area contributed by atoms with Crippen LogP contribution in [0.5, 0.6) is 5.75 Å². The molecule has 3 aromatic carbocycles. The normalized spacial score (nSPS) is 13.4. The summed E-state index contributed by atoms with van der Waals surface area (Å²) in [6, 6.07) is 33.3. The fourth-order valence-electron chi connectivity index (χ4n) is 5.03. The molecule has 0 radical (unpaired) electrons. The predicted molar refractivity (Wildman–Crippen MR) is 173 cm³/mol. The molecule has 3 N–H and O–H groups in total. The molecule has 0 bridgehead atoms. The van der Waals surface area contributed by atoms with Gasteiger partial charge in [0, 0.05) is 18.1 Å². The summed E-state index contributed by atoms with van der Waals surface area (Å²) in [5.74, 6) is 0.548. The highest BCUT2D eigenvalue weighted by molar-refractivity contribution is 7.92. The summed E-state index contributed by atoms with van der Waals surface area (Å²) in [7, 11) is -3.97. The number of aliphatic hydroxyl groups excluding tert-OH is 1. The molecule has 0 saturated carbocycles. The van der Waals surface area contributed by atoms with Crippen LogP contribution in [-0.2, 0) is 10.0 Å². The van der Waals surface area contributed by atoms with E-state index in [0.717, 1.165) is 12.8 Å². The second-order valence-electron chi connectivity index (χ2n) is 10.3. The highest BCUT2D eigenvalue weighted by Gasteiger charge is 2.35. The van der Waals surface area contributed by atoms with Gasteiger partial charge < -0.3 is 15.2 Å². The minimum absolute atomic E-state index is 0.106. The number of benzene rings is 3. The molecule has 0 fully saturated rings. The number of hydrogen-bond donors (Lipinski definition) is 3. The Hall–Kier alpha value is -4.73. The number of nitrogens with zero attached hydrogens (tertiary/aromatic N) is 2. The number of sulfonamides is 1. The summed E-state index contributed by atoms with van der Waals surface area (Å²) in [5.41, 5.74) is 2.32. The number of anilines is 2. The van der Waals surface area contributed by atoms with Crippen molar-refractivity contribution in [3.63, 3.8) is 0 Å². The van der Waals surface area contributed by atoms with Gasteiger partial charge in [0.25, 0.3) is 10.0 Å². The van der Waals surface area contributed by atoms with Crippen LogP contribution in [0.15, 0.2) is 133 Å². The first-order chi connectivity index (χ1) is 21.5. The number of aromatic nitrogens is 2. The van der Waals surface area contributed by atoms with Crippen molar-refractivity contribution < 1.29 is 18.3 Å². The highest BCUT2D eigenvalue weighted by atomic mass is 32.2. The summed E-state index contributed by atoms with van der Waals surface area (Å²) in [4.78, 5) is 9.21. The maximum atomic E-state index is 13.7. The lowest BCUT2D eigenvalue weighted by Gasteiger charge is -2.33. The third-order valence-corrected chi connectivity index (χ3v) is 8.66. The van der Waals surface area contributed by atoms with Crippen LogP contribution >= 0.6 is 0 Å². The Morgan fingerprint density at radius 3 is 2.16 bits per heavy atom. The zero-order valence-corrected chi connectivity index (χ0v) is 25.3. The Balaban J connectivity index is 1.56. The number of hydrogen-bond acceptors (Lipinski definition) is 7. The van der Waals surface area contributed by atoms with Gasteiger partial charge in [0.2, 0.25) is 0 Å². The molecular formula is C35H36N4O4S. The number of rotatable bonds is 14. The van der Waals surface area contributed by atoms with Gasteiger partial charge in [-0.15, -0.1) is 0 Å². The highest BCUT2D eigenvalue weighted by Crippen LogP contribution is 2.44. The van der Waals surface area contributed by atoms with E-state index in [0.29, 0.717) is 40.7 Å². The van der Waals surface area contributed by atoms with Gasteiger partial charge >= 0.3 is 0 Å². The van der Waals surface area contributed by atoms with Gasteiger partial charge in [0.15, 0.2) is 0 Å². The van der Waals surface area contributed by atoms with E-state index in [1.54, 1.807) is 36.7 Å². The molecular weight excluding hydrogens is 572 g/mol. The molecule has 8 nitrogen and oxygen atoms in total. The van der Waals surface area contributed by atoms with Gasteiger partial charge in [0.05, 0.1) is 35.3 Å². The lowest BCUT2D eigenvalue weighted by atomic mass is 9.82. The molecule has 5 rings (SSSR count). The minimum Gasteiger partial charge on any atom is -0.494 e. The molecule has 2 aromatic heterocycles. The largest absolute Gasteiger partial charge is 0.494 e. The number of ether oxygens (including phenoxy) is 1. The number of para-hydroxylation sites is 1. The Morgan fingerprint density at radius 2 is 1.48 bits per heavy atom. The summed E-state index contributed by atoms with van der Waals surface area (Å²) in [5, 5.41) is 15.4. The van der Waals surface area contributed by atoms with Crippen LogP contribution < -0.4 is 14.8 Å². The van der Waals surface area contributed by atoms with Gasteiger partial charge in [-0.25, -0.2) is 13.4 Å². The predicted octanol–water partition coefficient (Wildman–Crippen LogP) is 7.13. The molecule has 0 aliphatic rings. The third kappa shape index (κ3) is 7.61. The van der Waals surface area contributed by atoms with Crippen LogP contribution in [-0.4, -0.2) is 30.1 Å². The Kier molecular flexibility index (Phi) is 10.2. The minimum atomic E-state index is -3.97. The molecule has 5 aromatic rings. The monoisotopic (exact) mass is 608 g/mol. The maximum Gasteiger partial charge on any atom is 0.261 e. The van der Waals surface area contributed by atoms with Gasteiger partial charge in [0.1, 0.15) is 11.6 Å². The summed E-state index contributed by atoms with van der Waals surface area (Å²) in [6.07, 6.45) is 4.30. The molecule has 0 aliphatic carbocycles. The molecule has 0 aliphatic heterocycles. The number of unbranched alkanes of at least 4 members (excludes halogenated alkanes) is 1. The summed E-state index contributed by atoms with van der Waals surface area (Å²) < 4.78 is 35.8. The number of nitrogens with one attached hydrogen (secondary N) is 2. The fourth-order valence-corrected chi connectivity index (χ4v) is 6.12. The first-order valence-corrected chi connectivity index (χ1v) is 16.1. The van der Waals surface area contributed by atoms with E-state index >= 15 is 0 Å². The van der Waals surface area contributed by atoms with Crippen molar-refractivity contribution in [2.24, 2.45) is 0 Å². The van der Waals surface area contributed by atoms with Crippen molar-refractivity contribution in [2.75, 3.05) is 16.6 Å². The Morgan fingerprint density at radius 1 is 0.795 bits per heavy atom. The molecule has 3 atom stereocenters. The topological polar surface area (TPSA) is 113 Å². The van der Waals surface area contributed by atoms with E-state index in [1.807, 2.05) is 78.9 Å². The fraction of sp³-hybridized carbons (Fsp3) is 0.200. The average molecular weight is 609 g/mol. The van der Waals surface area contributed by atoms with E-state index in [2.05, 4.69) is 26.9 Å². The van der Waals surface area contributed by atoms with Crippen molar-refractivity contribution in [1.29, 1.82) is 0 Å². The van der Waals surface area contributed by atoms with Gasteiger partial charge in [-0.05, 0) is 72.1 Å². The van der Waals surface area contributed by atoms with Crippen LogP contribution in [0.25, 0.3) is 0 Å². The molecule has 0 spiro atoms. The second kappa shape index (κ2) is 14.6. The van der Waals surface area contributed by atoms with Crippen molar-refractivity contribution in [1.82, 2.24) is 9.97 Å². The average Bonchev–Trinajstić information content (AvgIpc) is 3.06. The Bertz CT molecular complexity index is 1700. The maximum absolute atomic E-state index is 13.7. The van der Waals surface area contributed by atoms with Gasteiger partial charge in [-0.2, -0.15) is 0 Å². The van der Waals surface area contributed by atoms with E-state index in [4.69, 9.17) is 4.74 Å². The van der Waals surface area contributed by atoms with Crippen LogP contribution in [0.4, 0.5) is 11.5 Å². The zero-order valence-electron chi connectivity index (χ0n) is 24.5. The first kappa shape index (κ1) is 30.7. The summed E-state index contributed by atoms with van der Waals surface area (Å²) in [6.45, 7) is 2.66. The molecule has 3 unspecified atom stereocenters. The van der Waals surface area contributed by atoms with E-state index in [1.165, 1.54) is 12.1 Å². The van der Waals surface area contributed by atoms with Crippen LogP contribution in [0.3, 0.4) is 0 Å². The van der Waals surface area contributed by atoms with Crippen LogP contribution in [0.1, 0.15) is 54.6 Å². The first-order valence-electron chi connectivity index (χ1n) is 14.6. The van der Waals surface area contributed by atoms with Crippen molar-refractivity contribution in [3.05, 3.63) is 144 Å². The van der Waals surface area contributed by atoms with Crippen LogP contribution in [0, 0.1) is 0 Å². The van der Waals surface area contributed by atoms with Gasteiger partial charge in [-0.3, -0.25) is 9.71 Å². The van der Waals surface area contributed by atoms with Crippen LogP contribution in [0.2, 0.25) is 0 Å².